The highest BCUT2D eigenvalue weighted by Crippen LogP contribution is 2.25. The quantitative estimate of drug-likeness (QED) is 0.763. The highest BCUT2D eigenvalue weighted by Gasteiger charge is 2.39. The summed E-state index contributed by atoms with van der Waals surface area (Å²) < 4.78 is 5.76. The number of carbonyl (C=O) groups is 2. The topological polar surface area (TPSA) is 58.6 Å². The fourth-order valence-corrected chi connectivity index (χ4v) is 3.25. The summed E-state index contributed by atoms with van der Waals surface area (Å²) in [5.74, 6) is 0.332. The first-order valence-electron chi connectivity index (χ1n) is 9.84. The van der Waals surface area contributed by atoms with E-state index in [4.69, 9.17) is 4.74 Å². The van der Waals surface area contributed by atoms with Crippen LogP contribution in [0.4, 0.5) is 5.69 Å². The van der Waals surface area contributed by atoms with Gasteiger partial charge >= 0.3 is 0 Å². The van der Waals surface area contributed by atoms with E-state index in [0.29, 0.717) is 12.3 Å². The molecule has 5 nitrogen and oxygen atoms in total. The second-order valence-corrected chi connectivity index (χ2v) is 7.73. The number of likely N-dealkylation sites (tertiary alicyclic amines) is 1. The summed E-state index contributed by atoms with van der Waals surface area (Å²) >= 11 is 0. The zero-order valence-electron chi connectivity index (χ0n) is 16.6. The third kappa shape index (κ3) is 4.91. The summed E-state index contributed by atoms with van der Waals surface area (Å²) in [5, 5.41) is 2.86. The second-order valence-electron chi connectivity index (χ2n) is 7.73. The minimum Gasteiger partial charge on any atom is -0.489 e. The van der Waals surface area contributed by atoms with Crippen LogP contribution in [-0.4, -0.2) is 29.8 Å². The van der Waals surface area contributed by atoms with Crippen LogP contribution in [0, 0.1) is 5.41 Å². The molecule has 2 aromatic carbocycles. The smallest absolute Gasteiger partial charge is 0.239 e. The van der Waals surface area contributed by atoms with Crippen LogP contribution in [-0.2, 0) is 16.2 Å². The summed E-state index contributed by atoms with van der Waals surface area (Å²) in [4.78, 5) is 27.3. The fourth-order valence-electron chi connectivity index (χ4n) is 3.25. The van der Waals surface area contributed by atoms with E-state index in [9.17, 15) is 9.59 Å². The Hall–Kier alpha value is -2.82. The van der Waals surface area contributed by atoms with Gasteiger partial charge in [0.05, 0.1) is 0 Å². The van der Waals surface area contributed by atoms with Gasteiger partial charge in [0.2, 0.25) is 11.8 Å². The first kappa shape index (κ1) is 19.9. The van der Waals surface area contributed by atoms with E-state index in [2.05, 4.69) is 5.32 Å². The molecule has 0 bridgehead atoms. The molecule has 1 fully saturated rings. The minimum absolute atomic E-state index is 0.104. The number of hydrogen-bond acceptors (Lipinski definition) is 3. The van der Waals surface area contributed by atoms with Gasteiger partial charge in [-0.2, -0.15) is 0 Å². The van der Waals surface area contributed by atoms with E-state index in [1.54, 1.807) is 26.0 Å². The van der Waals surface area contributed by atoms with Crippen molar-refractivity contribution >= 4 is 17.5 Å². The Labute approximate surface area is 166 Å². The SMILES string of the molecule is CC(C)(C(=O)Nc1ccc(OCc2ccccc2)cc1)C(=O)N1CCCCC1. The van der Waals surface area contributed by atoms with Crippen molar-refractivity contribution in [2.24, 2.45) is 5.41 Å². The van der Waals surface area contributed by atoms with Gasteiger partial charge in [0, 0.05) is 18.8 Å². The highest BCUT2D eigenvalue weighted by molar-refractivity contribution is 6.09. The Morgan fingerprint density at radius 2 is 1.61 bits per heavy atom. The zero-order valence-corrected chi connectivity index (χ0v) is 16.6. The van der Waals surface area contributed by atoms with Crippen molar-refractivity contribution in [2.75, 3.05) is 18.4 Å². The summed E-state index contributed by atoms with van der Waals surface area (Å²) in [6.07, 6.45) is 3.16. The molecular formula is C23H28N2O3. The lowest BCUT2D eigenvalue weighted by molar-refractivity contribution is -0.147. The van der Waals surface area contributed by atoms with Crippen LogP contribution in [0.15, 0.2) is 54.6 Å². The summed E-state index contributed by atoms with van der Waals surface area (Å²) in [6.45, 7) is 5.35. The molecule has 2 amide bonds. The van der Waals surface area contributed by atoms with Crippen molar-refractivity contribution in [1.29, 1.82) is 0 Å². The number of piperidine rings is 1. The molecule has 2 aromatic rings. The molecule has 1 saturated heterocycles. The number of nitrogens with zero attached hydrogens (tertiary/aromatic N) is 1. The number of hydrogen-bond donors (Lipinski definition) is 1. The normalized spacial score (nSPS) is 14.4. The van der Waals surface area contributed by atoms with Gasteiger partial charge in [0.1, 0.15) is 17.8 Å². The molecule has 0 atom stereocenters. The first-order chi connectivity index (χ1) is 13.5. The van der Waals surface area contributed by atoms with Crippen LogP contribution < -0.4 is 10.1 Å². The van der Waals surface area contributed by atoms with Crippen LogP contribution in [0.2, 0.25) is 0 Å². The predicted molar refractivity (Wildman–Crippen MR) is 110 cm³/mol. The Balaban J connectivity index is 1.56. The maximum absolute atomic E-state index is 12.8. The fraction of sp³-hybridized carbons (Fsp3) is 0.391. The number of amides is 2. The van der Waals surface area contributed by atoms with Gasteiger partial charge in [-0.15, -0.1) is 0 Å². The van der Waals surface area contributed by atoms with Crippen LogP contribution >= 0.6 is 0 Å². The molecule has 1 aliphatic rings. The van der Waals surface area contributed by atoms with Gasteiger partial charge < -0.3 is 15.0 Å². The van der Waals surface area contributed by atoms with Crippen LogP contribution in [0.1, 0.15) is 38.7 Å². The lowest BCUT2D eigenvalue weighted by Gasteiger charge is -2.33. The Morgan fingerprint density at radius 3 is 2.25 bits per heavy atom. The Bertz CT molecular complexity index is 794. The van der Waals surface area contributed by atoms with Gasteiger partial charge in [-0.05, 0) is 62.9 Å². The second kappa shape index (κ2) is 8.91. The average molecular weight is 380 g/mol. The zero-order chi connectivity index (χ0) is 20.0. The molecule has 1 heterocycles. The third-order valence-corrected chi connectivity index (χ3v) is 5.11. The number of ether oxygens (including phenoxy) is 1. The van der Waals surface area contributed by atoms with Crippen molar-refractivity contribution in [3.8, 4) is 5.75 Å². The predicted octanol–water partition coefficient (Wildman–Crippen LogP) is 4.24. The molecule has 0 unspecified atom stereocenters. The molecule has 1 N–H and O–H groups in total. The van der Waals surface area contributed by atoms with Crippen molar-refractivity contribution in [2.45, 2.75) is 39.7 Å². The Kier molecular flexibility index (Phi) is 6.34. The maximum Gasteiger partial charge on any atom is 0.239 e. The average Bonchev–Trinajstić information content (AvgIpc) is 2.74. The van der Waals surface area contributed by atoms with E-state index in [1.807, 2.05) is 47.4 Å². The van der Waals surface area contributed by atoms with Gasteiger partial charge in [-0.1, -0.05) is 30.3 Å². The van der Waals surface area contributed by atoms with Gasteiger partial charge in [-0.25, -0.2) is 0 Å². The standard InChI is InChI=1S/C23H28N2O3/c1-23(2,22(27)25-15-7-4-8-16-25)21(26)24-19-11-13-20(14-12-19)28-17-18-9-5-3-6-10-18/h3,5-6,9-14H,4,7-8,15-17H2,1-2H3,(H,24,26). The molecule has 0 spiro atoms. The lowest BCUT2D eigenvalue weighted by Crippen LogP contribution is -2.48. The maximum atomic E-state index is 12.8. The molecule has 0 radical (unpaired) electrons. The van der Waals surface area contributed by atoms with E-state index in [0.717, 1.165) is 43.7 Å². The number of nitrogens with one attached hydrogen (secondary N) is 1. The van der Waals surface area contributed by atoms with Gasteiger partial charge in [-0.3, -0.25) is 9.59 Å². The number of carbonyl (C=O) groups excluding carboxylic acids is 2. The minimum atomic E-state index is -1.10. The van der Waals surface area contributed by atoms with Crippen molar-refractivity contribution in [3.63, 3.8) is 0 Å². The van der Waals surface area contributed by atoms with E-state index in [-0.39, 0.29) is 11.8 Å². The molecule has 148 valence electrons. The molecule has 3 rings (SSSR count). The highest BCUT2D eigenvalue weighted by atomic mass is 16.5. The number of benzene rings is 2. The third-order valence-electron chi connectivity index (χ3n) is 5.11. The van der Waals surface area contributed by atoms with Crippen molar-refractivity contribution < 1.29 is 14.3 Å². The van der Waals surface area contributed by atoms with E-state index < -0.39 is 5.41 Å². The lowest BCUT2D eigenvalue weighted by atomic mass is 9.89. The molecule has 1 aliphatic heterocycles. The van der Waals surface area contributed by atoms with Gasteiger partial charge in [0.25, 0.3) is 0 Å². The van der Waals surface area contributed by atoms with Crippen molar-refractivity contribution in [3.05, 3.63) is 60.2 Å². The molecule has 28 heavy (non-hydrogen) atoms. The molecule has 5 heteroatoms. The number of anilines is 1. The van der Waals surface area contributed by atoms with Crippen molar-refractivity contribution in [1.82, 2.24) is 4.90 Å². The molecular weight excluding hydrogens is 352 g/mol. The monoisotopic (exact) mass is 380 g/mol. The summed E-state index contributed by atoms with van der Waals surface area (Å²) in [6, 6.07) is 17.2. The van der Waals surface area contributed by atoms with Crippen LogP contribution in [0.5, 0.6) is 5.75 Å². The Morgan fingerprint density at radius 1 is 0.964 bits per heavy atom. The summed E-state index contributed by atoms with van der Waals surface area (Å²) in [7, 11) is 0. The van der Waals surface area contributed by atoms with E-state index >= 15 is 0 Å². The molecule has 0 aromatic heterocycles. The van der Waals surface area contributed by atoms with Crippen LogP contribution in [0.25, 0.3) is 0 Å². The largest absolute Gasteiger partial charge is 0.489 e. The summed E-state index contributed by atoms with van der Waals surface area (Å²) in [5.41, 5.74) is 0.647. The first-order valence-corrected chi connectivity index (χ1v) is 9.84. The van der Waals surface area contributed by atoms with E-state index in [1.165, 1.54) is 0 Å². The number of rotatable bonds is 6. The molecule has 0 saturated carbocycles. The molecule has 0 aliphatic carbocycles. The van der Waals surface area contributed by atoms with Crippen LogP contribution in [0.3, 0.4) is 0 Å². The van der Waals surface area contributed by atoms with Gasteiger partial charge in [0.15, 0.2) is 0 Å².